The topological polar surface area (TPSA) is 55.2 Å². The highest BCUT2D eigenvalue weighted by Gasteiger charge is 2.25. The molecule has 1 aliphatic rings. The average Bonchev–Trinajstić information content (AvgIpc) is 2.31. The Bertz CT molecular complexity index is 686. The summed E-state index contributed by atoms with van der Waals surface area (Å²) in [5.41, 5.74) is 0.193. The van der Waals surface area contributed by atoms with Crippen LogP contribution in [0.25, 0.3) is 10.8 Å². The Morgan fingerprint density at radius 2 is 1.89 bits per heavy atom. The minimum atomic E-state index is -0.175. The van der Waals surface area contributed by atoms with Crippen LogP contribution in [0.1, 0.15) is 16.9 Å². The van der Waals surface area contributed by atoms with Crippen molar-refractivity contribution in [3.8, 4) is 0 Å². The fraction of sp³-hybridized carbons (Fsp3) is 0.308. The number of carbonyl (C=O) groups excluding carboxylic acids is 1. The molecule has 0 N–H and O–H groups in total. The van der Waals surface area contributed by atoms with Crippen molar-refractivity contribution in [3.63, 3.8) is 0 Å². The van der Waals surface area contributed by atoms with Gasteiger partial charge in [0.25, 0.3) is 11.5 Å². The molecule has 0 saturated carbocycles. The zero-order valence-corrected chi connectivity index (χ0v) is 10.1. The molecule has 0 spiro atoms. The Balaban J connectivity index is 2.25. The summed E-state index contributed by atoms with van der Waals surface area (Å²) in [7, 11) is 1.57. The third kappa shape index (κ3) is 1.51. The molecule has 1 saturated heterocycles. The molecular formula is C13H13N3O2. The first-order valence-electron chi connectivity index (χ1n) is 5.94. The second-order valence-corrected chi connectivity index (χ2v) is 4.47. The highest BCUT2D eigenvalue weighted by Crippen LogP contribution is 2.17. The van der Waals surface area contributed by atoms with E-state index < -0.39 is 0 Å². The molecule has 1 aromatic carbocycles. The van der Waals surface area contributed by atoms with E-state index in [1.54, 1.807) is 30.1 Å². The molecule has 0 atom stereocenters. The monoisotopic (exact) mass is 243 g/mol. The number of benzene rings is 1. The maximum absolute atomic E-state index is 12.3. The van der Waals surface area contributed by atoms with E-state index in [9.17, 15) is 9.59 Å². The van der Waals surface area contributed by atoms with Crippen LogP contribution in [0, 0.1) is 0 Å². The number of aromatic nitrogens is 2. The summed E-state index contributed by atoms with van der Waals surface area (Å²) in [6, 6.07) is 7.11. The lowest BCUT2D eigenvalue weighted by atomic mass is 10.1. The zero-order chi connectivity index (χ0) is 12.7. The molecule has 18 heavy (non-hydrogen) atoms. The molecule has 0 aliphatic carbocycles. The summed E-state index contributed by atoms with van der Waals surface area (Å²) in [5, 5.41) is 5.29. The average molecular weight is 243 g/mol. The molecule has 2 heterocycles. The second-order valence-electron chi connectivity index (χ2n) is 4.47. The lowest BCUT2D eigenvalue weighted by Crippen LogP contribution is -2.43. The predicted molar refractivity (Wildman–Crippen MR) is 67.5 cm³/mol. The number of hydrogen-bond donors (Lipinski definition) is 0. The highest BCUT2D eigenvalue weighted by molar-refractivity contribution is 6.04. The molecule has 0 unspecified atom stereocenters. The summed E-state index contributed by atoms with van der Waals surface area (Å²) >= 11 is 0. The van der Waals surface area contributed by atoms with Crippen molar-refractivity contribution in [2.45, 2.75) is 6.42 Å². The molecule has 5 nitrogen and oxygen atoms in total. The van der Waals surface area contributed by atoms with Crippen molar-refractivity contribution >= 4 is 16.7 Å². The largest absolute Gasteiger partial charge is 0.337 e. The van der Waals surface area contributed by atoms with E-state index in [-0.39, 0.29) is 11.5 Å². The molecule has 0 bridgehead atoms. The van der Waals surface area contributed by atoms with E-state index >= 15 is 0 Å². The van der Waals surface area contributed by atoms with Gasteiger partial charge in [-0.2, -0.15) is 5.10 Å². The Kier molecular flexibility index (Phi) is 2.40. The van der Waals surface area contributed by atoms with Gasteiger partial charge >= 0.3 is 0 Å². The fourth-order valence-corrected chi connectivity index (χ4v) is 2.13. The zero-order valence-electron chi connectivity index (χ0n) is 10.1. The molecule has 92 valence electrons. The first-order chi connectivity index (χ1) is 8.68. The summed E-state index contributed by atoms with van der Waals surface area (Å²) in [6.07, 6.45) is 1.04. The number of hydrogen-bond acceptors (Lipinski definition) is 3. The van der Waals surface area contributed by atoms with Crippen LogP contribution < -0.4 is 5.56 Å². The first-order valence-corrected chi connectivity index (χ1v) is 5.94. The molecule has 1 amide bonds. The predicted octanol–water partition coefficient (Wildman–Crippen LogP) is 0.779. The van der Waals surface area contributed by atoms with Gasteiger partial charge in [-0.1, -0.05) is 18.2 Å². The number of carbonyl (C=O) groups is 1. The van der Waals surface area contributed by atoms with E-state index in [1.807, 2.05) is 6.07 Å². The Labute approximate surface area is 104 Å². The number of nitrogens with zero attached hydrogens (tertiary/aromatic N) is 3. The van der Waals surface area contributed by atoms with Gasteiger partial charge in [0.1, 0.15) is 0 Å². The van der Waals surface area contributed by atoms with Crippen LogP contribution in [0.2, 0.25) is 0 Å². The van der Waals surface area contributed by atoms with Gasteiger partial charge in [0.2, 0.25) is 0 Å². The van der Waals surface area contributed by atoms with Gasteiger partial charge in [-0.3, -0.25) is 9.59 Å². The van der Waals surface area contributed by atoms with Gasteiger partial charge in [-0.15, -0.1) is 0 Å². The van der Waals surface area contributed by atoms with Gasteiger partial charge in [0, 0.05) is 25.5 Å². The minimum absolute atomic E-state index is 0.0898. The number of likely N-dealkylation sites (tertiary alicyclic amines) is 1. The third-order valence-electron chi connectivity index (χ3n) is 3.30. The Morgan fingerprint density at radius 1 is 1.22 bits per heavy atom. The normalized spacial score (nSPS) is 14.6. The number of rotatable bonds is 1. The quantitative estimate of drug-likeness (QED) is 0.743. The molecule has 5 heteroatoms. The van der Waals surface area contributed by atoms with Crippen LogP contribution in [-0.2, 0) is 7.05 Å². The molecular weight excluding hydrogens is 230 g/mol. The van der Waals surface area contributed by atoms with Crippen molar-refractivity contribution < 1.29 is 4.79 Å². The summed E-state index contributed by atoms with van der Waals surface area (Å²) < 4.78 is 1.23. The van der Waals surface area contributed by atoms with Gasteiger partial charge in [-0.25, -0.2) is 4.68 Å². The van der Waals surface area contributed by atoms with Crippen LogP contribution in [0.3, 0.4) is 0 Å². The summed E-state index contributed by atoms with van der Waals surface area (Å²) in [6.45, 7) is 1.55. The molecule has 1 aromatic heterocycles. The fourth-order valence-electron chi connectivity index (χ4n) is 2.13. The Hall–Kier alpha value is -2.17. The summed E-state index contributed by atoms with van der Waals surface area (Å²) in [5.74, 6) is -0.0898. The standard InChI is InChI=1S/C13H13N3O2/c1-15-12(17)10-6-3-2-5-9(10)11(14-15)13(18)16-7-4-8-16/h2-3,5-6H,4,7-8H2,1H3. The van der Waals surface area contributed by atoms with E-state index in [0.717, 1.165) is 19.5 Å². The van der Waals surface area contributed by atoms with Gasteiger partial charge < -0.3 is 4.90 Å². The van der Waals surface area contributed by atoms with Crippen molar-refractivity contribution in [3.05, 3.63) is 40.3 Å². The third-order valence-corrected chi connectivity index (χ3v) is 3.30. The number of amides is 1. The molecule has 2 aromatic rings. The van der Waals surface area contributed by atoms with Crippen LogP contribution in [-0.4, -0.2) is 33.7 Å². The highest BCUT2D eigenvalue weighted by atomic mass is 16.2. The summed E-state index contributed by atoms with van der Waals surface area (Å²) in [4.78, 5) is 25.9. The van der Waals surface area contributed by atoms with E-state index in [1.165, 1.54) is 4.68 Å². The molecule has 1 aliphatic heterocycles. The lowest BCUT2D eigenvalue weighted by Gasteiger charge is -2.30. The smallest absolute Gasteiger partial charge is 0.274 e. The number of aryl methyl sites for hydroxylation is 1. The van der Waals surface area contributed by atoms with Crippen molar-refractivity contribution in [1.82, 2.24) is 14.7 Å². The second kappa shape index (κ2) is 3.94. The van der Waals surface area contributed by atoms with Gasteiger partial charge in [-0.05, 0) is 12.5 Å². The first kappa shape index (κ1) is 11.0. The van der Waals surface area contributed by atoms with E-state index in [2.05, 4.69) is 5.10 Å². The van der Waals surface area contributed by atoms with Crippen LogP contribution in [0.15, 0.2) is 29.1 Å². The van der Waals surface area contributed by atoms with Gasteiger partial charge in [0.15, 0.2) is 5.69 Å². The number of fused-ring (bicyclic) bond motifs is 1. The molecule has 3 rings (SSSR count). The van der Waals surface area contributed by atoms with Gasteiger partial charge in [0.05, 0.1) is 5.39 Å². The molecule has 1 fully saturated rings. The van der Waals surface area contributed by atoms with Crippen molar-refractivity contribution in [1.29, 1.82) is 0 Å². The van der Waals surface area contributed by atoms with Crippen molar-refractivity contribution in [2.75, 3.05) is 13.1 Å². The maximum Gasteiger partial charge on any atom is 0.274 e. The Morgan fingerprint density at radius 3 is 2.50 bits per heavy atom. The van der Waals surface area contributed by atoms with Crippen molar-refractivity contribution in [2.24, 2.45) is 7.05 Å². The van der Waals surface area contributed by atoms with E-state index in [0.29, 0.717) is 16.5 Å². The van der Waals surface area contributed by atoms with Crippen LogP contribution in [0.4, 0.5) is 0 Å². The minimum Gasteiger partial charge on any atom is -0.337 e. The molecule has 0 radical (unpaired) electrons. The van der Waals surface area contributed by atoms with Crippen LogP contribution in [0.5, 0.6) is 0 Å². The maximum atomic E-state index is 12.3. The van der Waals surface area contributed by atoms with Crippen LogP contribution >= 0.6 is 0 Å². The lowest BCUT2D eigenvalue weighted by molar-refractivity contribution is 0.0645. The van der Waals surface area contributed by atoms with E-state index in [4.69, 9.17) is 0 Å². The SMILES string of the molecule is Cn1nc(C(=O)N2CCC2)c2ccccc2c1=O.